The van der Waals surface area contributed by atoms with Crippen molar-refractivity contribution in [2.75, 3.05) is 13.7 Å². The highest BCUT2D eigenvalue weighted by Crippen LogP contribution is 2.11. The van der Waals surface area contributed by atoms with Gasteiger partial charge >= 0.3 is 5.97 Å². The highest BCUT2D eigenvalue weighted by Gasteiger charge is 2.10. The molecule has 0 bridgehead atoms. The Morgan fingerprint density at radius 1 is 1.05 bits per heavy atom. The van der Waals surface area contributed by atoms with Gasteiger partial charge in [-0.1, -0.05) is 60.7 Å². The van der Waals surface area contributed by atoms with Crippen LogP contribution >= 0.6 is 0 Å². The van der Waals surface area contributed by atoms with E-state index in [2.05, 4.69) is 0 Å². The maximum Gasteiger partial charge on any atom is 0.338 e. The fraction of sp³-hybridized carbons (Fsp3) is 0.167. The van der Waals surface area contributed by atoms with Crippen molar-refractivity contribution in [2.45, 2.75) is 6.61 Å². The number of esters is 1. The van der Waals surface area contributed by atoms with Crippen molar-refractivity contribution in [3.8, 4) is 0 Å². The quantitative estimate of drug-likeness (QED) is 0.598. The molecule has 3 heteroatoms. The van der Waals surface area contributed by atoms with E-state index in [0.717, 1.165) is 11.1 Å². The number of methoxy groups -OCH3 is 1. The normalized spacial score (nSPS) is 10.7. The predicted octanol–water partition coefficient (Wildman–Crippen LogP) is 3.70. The first-order valence-electron chi connectivity index (χ1n) is 6.77. The van der Waals surface area contributed by atoms with Gasteiger partial charge in [0.2, 0.25) is 0 Å². The Hall–Kier alpha value is -2.39. The molecule has 0 saturated heterocycles. The summed E-state index contributed by atoms with van der Waals surface area (Å²) in [5.74, 6) is -0.339. The molecule has 0 aliphatic heterocycles. The monoisotopic (exact) mass is 282 g/mol. The SMILES string of the molecule is COC(=O)c1ccccc1COC/C=C/c1ccccc1. The Morgan fingerprint density at radius 3 is 2.52 bits per heavy atom. The van der Waals surface area contributed by atoms with Crippen LogP contribution in [0.3, 0.4) is 0 Å². The summed E-state index contributed by atoms with van der Waals surface area (Å²) in [6, 6.07) is 17.3. The van der Waals surface area contributed by atoms with Gasteiger partial charge in [0, 0.05) is 0 Å². The van der Waals surface area contributed by atoms with Crippen molar-refractivity contribution in [3.63, 3.8) is 0 Å². The van der Waals surface area contributed by atoms with Crippen molar-refractivity contribution >= 4 is 12.0 Å². The second-order valence-electron chi connectivity index (χ2n) is 4.48. The van der Waals surface area contributed by atoms with E-state index in [1.807, 2.05) is 60.7 Å². The molecule has 0 heterocycles. The molecule has 0 aliphatic carbocycles. The van der Waals surface area contributed by atoms with Gasteiger partial charge in [-0.25, -0.2) is 4.79 Å². The molecule has 2 rings (SSSR count). The molecule has 0 radical (unpaired) electrons. The van der Waals surface area contributed by atoms with Gasteiger partial charge in [0.25, 0.3) is 0 Å². The molecule has 108 valence electrons. The van der Waals surface area contributed by atoms with E-state index in [0.29, 0.717) is 18.8 Å². The van der Waals surface area contributed by atoms with E-state index < -0.39 is 0 Å². The maximum absolute atomic E-state index is 11.6. The van der Waals surface area contributed by atoms with E-state index in [4.69, 9.17) is 9.47 Å². The van der Waals surface area contributed by atoms with Crippen molar-refractivity contribution < 1.29 is 14.3 Å². The van der Waals surface area contributed by atoms with Crippen molar-refractivity contribution in [2.24, 2.45) is 0 Å². The zero-order valence-electron chi connectivity index (χ0n) is 12.0. The second kappa shape index (κ2) is 8.02. The summed E-state index contributed by atoms with van der Waals surface area (Å²) >= 11 is 0. The summed E-state index contributed by atoms with van der Waals surface area (Å²) in [7, 11) is 1.38. The minimum absolute atomic E-state index is 0.339. The minimum atomic E-state index is -0.339. The molecular weight excluding hydrogens is 264 g/mol. The Balaban J connectivity index is 1.87. The molecule has 0 amide bonds. The topological polar surface area (TPSA) is 35.5 Å². The smallest absolute Gasteiger partial charge is 0.338 e. The maximum atomic E-state index is 11.6. The van der Waals surface area contributed by atoms with Gasteiger partial charge in [-0.05, 0) is 17.2 Å². The molecule has 21 heavy (non-hydrogen) atoms. The number of carbonyl (C=O) groups is 1. The minimum Gasteiger partial charge on any atom is -0.465 e. The summed E-state index contributed by atoms with van der Waals surface area (Å²) in [5, 5.41) is 0. The molecule has 0 aromatic heterocycles. The second-order valence-corrected chi connectivity index (χ2v) is 4.48. The summed E-state index contributed by atoms with van der Waals surface area (Å²) in [5.41, 5.74) is 2.51. The van der Waals surface area contributed by atoms with Crippen LogP contribution in [0.5, 0.6) is 0 Å². The molecule has 0 unspecified atom stereocenters. The third-order valence-corrected chi connectivity index (χ3v) is 3.00. The molecule has 0 aliphatic rings. The standard InChI is InChI=1S/C18H18O3/c1-20-18(19)17-12-6-5-11-16(17)14-21-13-7-10-15-8-3-2-4-9-15/h2-12H,13-14H2,1H3/b10-7+. The number of benzene rings is 2. The molecule has 0 fully saturated rings. The lowest BCUT2D eigenvalue weighted by atomic mass is 10.1. The van der Waals surface area contributed by atoms with Gasteiger partial charge in [0.15, 0.2) is 0 Å². The van der Waals surface area contributed by atoms with E-state index in [-0.39, 0.29) is 5.97 Å². The third kappa shape index (κ3) is 4.58. The van der Waals surface area contributed by atoms with E-state index in [1.54, 1.807) is 6.07 Å². The Kier molecular flexibility index (Phi) is 5.73. The van der Waals surface area contributed by atoms with Crippen LogP contribution < -0.4 is 0 Å². The van der Waals surface area contributed by atoms with Crippen LogP contribution in [0.1, 0.15) is 21.5 Å². The van der Waals surface area contributed by atoms with E-state index in [1.165, 1.54) is 7.11 Å². The molecule has 3 nitrogen and oxygen atoms in total. The Morgan fingerprint density at radius 2 is 1.76 bits per heavy atom. The van der Waals surface area contributed by atoms with Gasteiger partial charge < -0.3 is 9.47 Å². The Bertz CT molecular complexity index is 603. The molecule has 0 N–H and O–H groups in total. The molecule has 2 aromatic rings. The Labute approximate surface area is 124 Å². The highest BCUT2D eigenvalue weighted by molar-refractivity contribution is 5.90. The van der Waals surface area contributed by atoms with Crippen LogP contribution in [0, 0.1) is 0 Å². The average molecular weight is 282 g/mol. The lowest BCUT2D eigenvalue weighted by Crippen LogP contribution is -2.06. The van der Waals surface area contributed by atoms with Crippen LogP contribution in [0.25, 0.3) is 6.08 Å². The number of carbonyl (C=O) groups excluding carboxylic acids is 1. The summed E-state index contributed by atoms with van der Waals surface area (Å²) < 4.78 is 10.3. The summed E-state index contributed by atoms with van der Waals surface area (Å²) in [6.07, 6.45) is 3.96. The van der Waals surface area contributed by atoms with Crippen LogP contribution in [0.2, 0.25) is 0 Å². The number of rotatable bonds is 6. The molecule has 0 atom stereocenters. The first-order valence-corrected chi connectivity index (χ1v) is 6.77. The van der Waals surface area contributed by atoms with Crippen LogP contribution in [0.15, 0.2) is 60.7 Å². The molecule has 2 aromatic carbocycles. The van der Waals surface area contributed by atoms with Crippen LogP contribution in [0.4, 0.5) is 0 Å². The van der Waals surface area contributed by atoms with Gasteiger partial charge in [-0.2, -0.15) is 0 Å². The number of hydrogen-bond acceptors (Lipinski definition) is 3. The summed E-state index contributed by atoms with van der Waals surface area (Å²) in [4.78, 5) is 11.6. The van der Waals surface area contributed by atoms with Crippen molar-refractivity contribution in [1.29, 1.82) is 0 Å². The van der Waals surface area contributed by atoms with Crippen molar-refractivity contribution in [3.05, 3.63) is 77.4 Å². The van der Waals surface area contributed by atoms with Crippen LogP contribution in [-0.4, -0.2) is 19.7 Å². The fourth-order valence-electron chi connectivity index (χ4n) is 1.94. The number of ether oxygens (including phenoxy) is 2. The van der Waals surface area contributed by atoms with E-state index in [9.17, 15) is 4.79 Å². The first kappa shape index (κ1) is 15.0. The number of hydrogen-bond donors (Lipinski definition) is 0. The first-order chi connectivity index (χ1) is 10.3. The van der Waals surface area contributed by atoms with Gasteiger partial charge in [-0.15, -0.1) is 0 Å². The van der Waals surface area contributed by atoms with Gasteiger partial charge in [0.1, 0.15) is 0 Å². The molecule has 0 spiro atoms. The van der Waals surface area contributed by atoms with Gasteiger partial charge in [-0.3, -0.25) is 0 Å². The average Bonchev–Trinajstić information content (AvgIpc) is 2.55. The largest absolute Gasteiger partial charge is 0.465 e. The lowest BCUT2D eigenvalue weighted by molar-refractivity contribution is 0.0594. The van der Waals surface area contributed by atoms with Gasteiger partial charge in [0.05, 0.1) is 25.9 Å². The zero-order valence-corrected chi connectivity index (χ0v) is 12.0. The molecular formula is C18H18O3. The third-order valence-electron chi connectivity index (χ3n) is 3.00. The predicted molar refractivity (Wildman–Crippen MR) is 82.9 cm³/mol. The van der Waals surface area contributed by atoms with Crippen molar-refractivity contribution in [1.82, 2.24) is 0 Å². The van der Waals surface area contributed by atoms with E-state index >= 15 is 0 Å². The zero-order chi connectivity index (χ0) is 14.9. The van der Waals surface area contributed by atoms with Crippen LogP contribution in [-0.2, 0) is 16.1 Å². The summed E-state index contributed by atoms with van der Waals surface area (Å²) in [6.45, 7) is 0.870. The lowest BCUT2D eigenvalue weighted by Gasteiger charge is -2.07. The fourth-order valence-corrected chi connectivity index (χ4v) is 1.94. The molecule has 0 saturated carbocycles. The highest BCUT2D eigenvalue weighted by atomic mass is 16.5.